The first kappa shape index (κ1) is 13.2. The predicted molar refractivity (Wildman–Crippen MR) is 65.5 cm³/mol. The van der Waals surface area contributed by atoms with E-state index in [9.17, 15) is 0 Å². The molecule has 1 aliphatic heterocycles. The van der Waals surface area contributed by atoms with Crippen LogP contribution in [0.15, 0.2) is 4.99 Å². The van der Waals surface area contributed by atoms with Crippen molar-refractivity contribution < 1.29 is 0 Å². The lowest BCUT2D eigenvalue weighted by Crippen LogP contribution is -2.47. The average molecular weight is 229 g/mol. The summed E-state index contributed by atoms with van der Waals surface area (Å²) in [6, 6.07) is 0. The zero-order valence-electron chi connectivity index (χ0n) is 10.2. The number of nitrogens with one attached hydrogen (secondary N) is 3. The number of hydrogen-bond donors (Lipinski definition) is 4. The van der Waals surface area contributed by atoms with E-state index in [-0.39, 0.29) is 0 Å². The topological polar surface area (TPSA) is 80.9 Å². The fraction of sp³-hybridized carbons (Fsp3) is 0.889. The van der Waals surface area contributed by atoms with Crippen LogP contribution in [0.5, 0.6) is 0 Å². The first-order chi connectivity index (χ1) is 7.74. The van der Waals surface area contributed by atoms with Gasteiger partial charge in [-0.3, -0.25) is 4.99 Å². The molecule has 0 saturated carbocycles. The molecule has 94 valence electrons. The zero-order chi connectivity index (χ0) is 11.8. The summed E-state index contributed by atoms with van der Waals surface area (Å²) >= 11 is 0. The minimum atomic E-state index is 0.580. The van der Waals surface area contributed by atoms with Gasteiger partial charge < -0.3 is 16.0 Å². The monoisotopic (exact) mass is 229 g/mol. The molecule has 1 aliphatic rings. The van der Waals surface area contributed by atoms with Crippen molar-refractivity contribution in [3.63, 3.8) is 0 Å². The Bertz CT molecular complexity index is 212. The SMILES string of the molecule is CN=C(N)N(C)CCCNNN1CCNC1. The van der Waals surface area contributed by atoms with Crippen molar-refractivity contribution in [3.05, 3.63) is 0 Å². The summed E-state index contributed by atoms with van der Waals surface area (Å²) in [5.41, 5.74) is 12.0. The van der Waals surface area contributed by atoms with E-state index in [4.69, 9.17) is 5.73 Å². The van der Waals surface area contributed by atoms with E-state index in [1.165, 1.54) is 0 Å². The molecule has 7 nitrogen and oxygen atoms in total. The Morgan fingerprint density at radius 1 is 1.62 bits per heavy atom. The summed E-state index contributed by atoms with van der Waals surface area (Å²) in [4.78, 5) is 5.86. The van der Waals surface area contributed by atoms with Gasteiger partial charge in [0.2, 0.25) is 0 Å². The molecular formula is C9H23N7. The van der Waals surface area contributed by atoms with Gasteiger partial charge >= 0.3 is 0 Å². The summed E-state index contributed by atoms with van der Waals surface area (Å²) in [7, 11) is 3.65. The van der Waals surface area contributed by atoms with Crippen LogP contribution in [0.1, 0.15) is 6.42 Å². The van der Waals surface area contributed by atoms with Crippen LogP contribution in [-0.2, 0) is 0 Å². The van der Waals surface area contributed by atoms with Gasteiger partial charge in [0.1, 0.15) is 0 Å². The normalized spacial score (nSPS) is 18.0. The van der Waals surface area contributed by atoms with Crippen LogP contribution in [0.3, 0.4) is 0 Å². The molecule has 1 saturated heterocycles. The maximum absolute atomic E-state index is 5.65. The van der Waals surface area contributed by atoms with Gasteiger partial charge in [0, 0.05) is 40.3 Å². The third kappa shape index (κ3) is 4.75. The van der Waals surface area contributed by atoms with Crippen molar-refractivity contribution >= 4 is 5.96 Å². The Morgan fingerprint density at radius 3 is 3.06 bits per heavy atom. The molecule has 0 aromatic heterocycles. The van der Waals surface area contributed by atoms with Gasteiger partial charge in [-0.05, 0) is 6.42 Å². The standard InChI is InChI=1S/C9H23N7/c1-11-9(10)15(2)6-3-4-13-14-16-7-5-12-8-16/h12-14H,3-8H2,1-2H3,(H2,10,11). The predicted octanol–water partition coefficient (Wildman–Crippen LogP) is -1.88. The first-order valence-electron chi connectivity index (χ1n) is 5.61. The van der Waals surface area contributed by atoms with Crippen molar-refractivity contribution in [2.75, 3.05) is 46.9 Å². The van der Waals surface area contributed by atoms with Crippen LogP contribution >= 0.6 is 0 Å². The Kier molecular flexibility index (Phi) is 6.09. The van der Waals surface area contributed by atoms with E-state index >= 15 is 0 Å². The fourth-order valence-corrected chi connectivity index (χ4v) is 1.46. The minimum absolute atomic E-state index is 0.580. The van der Waals surface area contributed by atoms with Gasteiger partial charge in [-0.25, -0.2) is 10.4 Å². The summed E-state index contributed by atoms with van der Waals surface area (Å²) < 4.78 is 0. The maximum atomic E-state index is 5.65. The molecular weight excluding hydrogens is 206 g/mol. The molecule has 0 unspecified atom stereocenters. The number of nitrogens with two attached hydrogens (primary N) is 1. The van der Waals surface area contributed by atoms with Crippen molar-refractivity contribution in [1.29, 1.82) is 0 Å². The molecule has 0 radical (unpaired) electrons. The van der Waals surface area contributed by atoms with Crippen LogP contribution < -0.4 is 22.0 Å². The largest absolute Gasteiger partial charge is 0.370 e. The number of rotatable bonds is 6. The van der Waals surface area contributed by atoms with Gasteiger partial charge in [-0.2, -0.15) is 5.53 Å². The summed E-state index contributed by atoms with van der Waals surface area (Å²) in [5, 5.41) is 5.34. The molecule has 1 heterocycles. The van der Waals surface area contributed by atoms with Crippen molar-refractivity contribution in [1.82, 2.24) is 26.2 Å². The highest BCUT2D eigenvalue weighted by Crippen LogP contribution is 1.87. The van der Waals surface area contributed by atoms with E-state index < -0.39 is 0 Å². The molecule has 0 spiro atoms. The molecule has 1 rings (SSSR count). The Labute approximate surface area is 97.0 Å². The first-order valence-corrected chi connectivity index (χ1v) is 5.61. The number of hydrogen-bond acceptors (Lipinski definition) is 5. The van der Waals surface area contributed by atoms with Gasteiger partial charge in [-0.1, -0.05) is 0 Å². The quantitative estimate of drug-likeness (QED) is 0.185. The highest BCUT2D eigenvalue weighted by atomic mass is 15.7. The van der Waals surface area contributed by atoms with Gasteiger partial charge in [-0.15, -0.1) is 0 Å². The molecule has 0 aliphatic carbocycles. The van der Waals surface area contributed by atoms with Gasteiger partial charge in [0.15, 0.2) is 5.96 Å². The number of hydrazine groups is 2. The zero-order valence-corrected chi connectivity index (χ0v) is 10.2. The Morgan fingerprint density at radius 2 is 2.44 bits per heavy atom. The molecule has 0 bridgehead atoms. The van der Waals surface area contributed by atoms with Crippen LogP contribution in [0.4, 0.5) is 0 Å². The van der Waals surface area contributed by atoms with Crippen molar-refractivity contribution in [2.24, 2.45) is 10.7 Å². The van der Waals surface area contributed by atoms with Crippen molar-refractivity contribution in [3.8, 4) is 0 Å². The Balaban J connectivity index is 1.95. The molecule has 1 fully saturated rings. The highest BCUT2D eigenvalue weighted by Gasteiger charge is 2.08. The lowest BCUT2D eigenvalue weighted by molar-refractivity contribution is 0.188. The van der Waals surface area contributed by atoms with E-state index in [1.54, 1.807) is 7.05 Å². The molecule has 0 aromatic rings. The van der Waals surface area contributed by atoms with Gasteiger partial charge in [0.05, 0.1) is 6.67 Å². The lowest BCUT2D eigenvalue weighted by Gasteiger charge is -2.19. The molecule has 5 N–H and O–H groups in total. The summed E-state index contributed by atoms with van der Waals surface area (Å²) in [6.45, 7) is 4.76. The molecule has 7 heteroatoms. The third-order valence-corrected chi connectivity index (χ3v) is 2.51. The second-order valence-electron chi connectivity index (χ2n) is 3.82. The highest BCUT2D eigenvalue weighted by molar-refractivity contribution is 5.77. The van der Waals surface area contributed by atoms with Crippen molar-refractivity contribution in [2.45, 2.75) is 6.42 Å². The van der Waals surface area contributed by atoms with E-state index in [0.717, 1.165) is 39.3 Å². The lowest BCUT2D eigenvalue weighted by atomic mass is 10.4. The second kappa shape index (κ2) is 7.39. The van der Waals surface area contributed by atoms with E-state index in [1.807, 2.05) is 11.9 Å². The summed E-state index contributed by atoms with van der Waals surface area (Å²) in [6.07, 6.45) is 1.01. The molecule has 0 aromatic carbocycles. The second-order valence-corrected chi connectivity index (χ2v) is 3.82. The number of nitrogens with zero attached hydrogens (tertiary/aromatic N) is 3. The third-order valence-electron chi connectivity index (χ3n) is 2.51. The smallest absolute Gasteiger partial charge is 0.190 e. The maximum Gasteiger partial charge on any atom is 0.190 e. The molecule has 0 amide bonds. The summed E-state index contributed by atoms with van der Waals surface area (Å²) in [5.74, 6) is 0.580. The van der Waals surface area contributed by atoms with Crippen LogP contribution in [0.2, 0.25) is 0 Å². The number of guanidine groups is 1. The van der Waals surface area contributed by atoms with Gasteiger partial charge in [0.25, 0.3) is 0 Å². The Hall–Kier alpha value is -0.890. The fourth-order valence-electron chi connectivity index (χ4n) is 1.46. The molecule has 16 heavy (non-hydrogen) atoms. The van der Waals surface area contributed by atoms with Crippen LogP contribution in [0, 0.1) is 0 Å². The molecule has 0 atom stereocenters. The van der Waals surface area contributed by atoms with Crippen LogP contribution in [-0.4, -0.2) is 62.8 Å². The van der Waals surface area contributed by atoms with E-state index in [0.29, 0.717) is 5.96 Å². The average Bonchev–Trinajstić information content (AvgIpc) is 2.80. The minimum Gasteiger partial charge on any atom is -0.370 e. The number of aliphatic imine (C=N–C) groups is 1. The van der Waals surface area contributed by atoms with Crippen LogP contribution in [0.25, 0.3) is 0 Å². The van der Waals surface area contributed by atoms with E-state index in [2.05, 4.69) is 26.3 Å².